The molecule has 2 saturated heterocycles. The molecule has 1 atom stereocenters. The van der Waals surface area contributed by atoms with E-state index in [2.05, 4.69) is 9.88 Å². The van der Waals surface area contributed by atoms with Crippen LogP contribution in [0.5, 0.6) is 5.75 Å². The van der Waals surface area contributed by atoms with E-state index in [1.807, 2.05) is 43.3 Å². The minimum atomic E-state index is -0.689. The van der Waals surface area contributed by atoms with Gasteiger partial charge in [-0.3, -0.25) is 19.5 Å². The standard InChI is InChI=1S/C31H33N3O5/c1-22-20-25(39-21-23-6-3-2-4-7-23)8-9-26(22)29(35)27-28(24-10-12-32-13-11-24)34(31(37)30(27)36)15-5-14-33-16-18-38-19-17-33/h2-4,6-13,20,28,35H,5,14-19,21H2,1H3/t28-/m1/s1. The molecule has 0 spiro atoms. The number of aryl methyl sites for hydroxylation is 1. The quantitative estimate of drug-likeness (QED) is 0.254. The monoisotopic (exact) mass is 527 g/mol. The molecule has 1 N–H and O–H groups in total. The zero-order valence-electron chi connectivity index (χ0n) is 22.1. The molecule has 2 aliphatic heterocycles. The highest BCUT2D eigenvalue weighted by molar-refractivity contribution is 6.46. The lowest BCUT2D eigenvalue weighted by Crippen LogP contribution is -2.38. The molecule has 8 heteroatoms. The van der Waals surface area contributed by atoms with Gasteiger partial charge in [-0.25, -0.2) is 0 Å². The summed E-state index contributed by atoms with van der Waals surface area (Å²) in [5.41, 5.74) is 3.11. The highest BCUT2D eigenvalue weighted by Crippen LogP contribution is 2.40. The smallest absolute Gasteiger partial charge is 0.295 e. The second-order valence-corrected chi connectivity index (χ2v) is 9.83. The molecular formula is C31H33N3O5. The number of aliphatic hydroxyl groups excluding tert-OH is 1. The predicted octanol–water partition coefficient (Wildman–Crippen LogP) is 4.11. The van der Waals surface area contributed by atoms with E-state index < -0.39 is 17.7 Å². The van der Waals surface area contributed by atoms with Crippen molar-refractivity contribution in [2.24, 2.45) is 0 Å². The van der Waals surface area contributed by atoms with E-state index in [1.54, 1.807) is 41.6 Å². The van der Waals surface area contributed by atoms with E-state index in [0.29, 0.717) is 44.1 Å². The third-order valence-corrected chi connectivity index (χ3v) is 7.24. The third-order valence-electron chi connectivity index (χ3n) is 7.24. The number of morpholine rings is 1. The Kier molecular flexibility index (Phi) is 8.34. The van der Waals surface area contributed by atoms with Crippen LogP contribution in [0.1, 0.15) is 34.7 Å². The van der Waals surface area contributed by atoms with Crippen LogP contribution in [0.25, 0.3) is 5.76 Å². The average Bonchev–Trinajstić information content (AvgIpc) is 3.22. The maximum Gasteiger partial charge on any atom is 0.295 e. The second-order valence-electron chi connectivity index (χ2n) is 9.83. The van der Waals surface area contributed by atoms with Crippen molar-refractivity contribution in [1.29, 1.82) is 0 Å². The summed E-state index contributed by atoms with van der Waals surface area (Å²) in [7, 11) is 0. The Morgan fingerprint density at radius 1 is 1.03 bits per heavy atom. The van der Waals surface area contributed by atoms with E-state index in [4.69, 9.17) is 9.47 Å². The van der Waals surface area contributed by atoms with Crippen LogP contribution in [0.15, 0.2) is 78.6 Å². The topological polar surface area (TPSA) is 92.2 Å². The molecule has 1 aromatic heterocycles. The maximum atomic E-state index is 13.3. The normalized spacial score (nSPS) is 19.4. The van der Waals surface area contributed by atoms with Gasteiger partial charge in [0.25, 0.3) is 11.7 Å². The van der Waals surface area contributed by atoms with Gasteiger partial charge in [0.2, 0.25) is 0 Å². The first kappa shape index (κ1) is 26.6. The van der Waals surface area contributed by atoms with Crippen LogP contribution in [-0.2, 0) is 20.9 Å². The fourth-order valence-corrected chi connectivity index (χ4v) is 5.17. The van der Waals surface area contributed by atoms with Gasteiger partial charge in [-0.1, -0.05) is 30.3 Å². The SMILES string of the molecule is Cc1cc(OCc2ccccc2)ccc1C(O)=C1C(=O)C(=O)N(CCCN2CCOCC2)[C@@H]1c1ccncc1. The van der Waals surface area contributed by atoms with E-state index in [-0.39, 0.29) is 11.3 Å². The summed E-state index contributed by atoms with van der Waals surface area (Å²) in [4.78, 5) is 34.6. The maximum absolute atomic E-state index is 13.3. The summed E-state index contributed by atoms with van der Waals surface area (Å²) in [5.74, 6) is -0.801. The molecule has 3 aromatic rings. The second kappa shape index (κ2) is 12.2. The zero-order valence-corrected chi connectivity index (χ0v) is 22.1. The number of carbonyl (C=O) groups is 2. The highest BCUT2D eigenvalue weighted by Gasteiger charge is 2.46. The molecule has 2 fully saturated rings. The number of ether oxygens (including phenoxy) is 2. The van der Waals surface area contributed by atoms with Crippen molar-refractivity contribution in [3.63, 3.8) is 0 Å². The Morgan fingerprint density at radius 3 is 2.49 bits per heavy atom. The summed E-state index contributed by atoms with van der Waals surface area (Å²) in [5, 5.41) is 11.5. The summed E-state index contributed by atoms with van der Waals surface area (Å²) in [6, 6.07) is 18.1. The molecule has 39 heavy (non-hydrogen) atoms. The lowest BCUT2D eigenvalue weighted by molar-refractivity contribution is -0.140. The molecule has 0 bridgehead atoms. The van der Waals surface area contributed by atoms with Gasteiger partial charge < -0.3 is 19.5 Å². The van der Waals surface area contributed by atoms with Crippen LogP contribution >= 0.6 is 0 Å². The number of aromatic nitrogens is 1. The number of nitrogens with zero attached hydrogens (tertiary/aromatic N) is 3. The van der Waals surface area contributed by atoms with Gasteiger partial charge in [0.1, 0.15) is 18.1 Å². The van der Waals surface area contributed by atoms with Crippen molar-refractivity contribution < 1.29 is 24.2 Å². The number of likely N-dealkylation sites (tertiary alicyclic amines) is 1. The Bertz CT molecular complexity index is 1340. The van der Waals surface area contributed by atoms with Crippen LogP contribution in [0.4, 0.5) is 0 Å². The highest BCUT2D eigenvalue weighted by atomic mass is 16.5. The van der Waals surface area contributed by atoms with Crippen LogP contribution in [0.2, 0.25) is 0 Å². The summed E-state index contributed by atoms with van der Waals surface area (Å²) >= 11 is 0. The number of benzene rings is 2. The van der Waals surface area contributed by atoms with E-state index in [9.17, 15) is 14.7 Å². The Morgan fingerprint density at radius 2 is 1.77 bits per heavy atom. The van der Waals surface area contributed by atoms with Crippen molar-refractivity contribution in [2.75, 3.05) is 39.4 Å². The third kappa shape index (κ3) is 6.02. The molecule has 202 valence electrons. The Labute approximate surface area is 228 Å². The summed E-state index contributed by atoms with van der Waals surface area (Å²) in [6.45, 7) is 6.60. The molecule has 2 aromatic carbocycles. The van der Waals surface area contributed by atoms with Gasteiger partial charge in [0.05, 0.1) is 24.8 Å². The van der Waals surface area contributed by atoms with E-state index >= 15 is 0 Å². The molecule has 0 aliphatic carbocycles. The van der Waals surface area contributed by atoms with E-state index in [1.165, 1.54) is 0 Å². The zero-order chi connectivity index (χ0) is 27.2. The number of aliphatic hydroxyl groups is 1. The van der Waals surface area contributed by atoms with Crippen LogP contribution in [0.3, 0.4) is 0 Å². The fourth-order valence-electron chi connectivity index (χ4n) is 5.17. The predicted molar refractivity (Wildman–Crippen MR) is 147 cm³/mol. The summed E-state index contributed by atoms with van der Waals surface area (Å²) in [6.07, 6.45) is 3.97. The molecule has 1 amide bonds. The number of ketones is 1. The minimum absolute atomic E-state index is 0.0960. The van der Waals surface area contributed by atoms with Gasteiger partial charge in [-0.2, -0.15) is 0 Å². The molecular weight excluding hydrogens is 494 g/mol. The first-order valence-corrected chi connectivity index (χ1v) is 13.3. The van der Waals surface area contributed by atoms with Gasteiger partial charge in [-0.05, 0) is 60.4 Å². The molecule has 3 heterocycles. The lowest BCUT2D eigenvalue weighted by Gasteiger charge is -2.29. The number of amides is 1. The van der Waals surface area contributed by atoms with Crippen molar-refractivity contribution in [2.45, 2.75) is 26.0 Å². The largest absolute Gasteiger partial charge is 0.507 e. The molecule has 0 saturated carbocycles. The van der Waals surface area contributed by atoms with Crippen molar-refractivity contribution in [1.82, 2.24) is 14.8 Å². The minimum Gasteiger partial charge on any atom is -0.507 e. The van der Waals surface area contributed by atoms with Crippen molar-refractivity contribution >= 4 is 17.4 Å². The number of Topliss-reactive ketones (excluding diaryl/α,β-unsaturated/α-hetero) is 1. The molecule has 0 radical (unpaired) electrons. The average molecular weight is 528 g/mol. The van der Waals surface area contributed by atoms with Gasteiger partial charge >= 0.3 is 0 Å². The number of hydrogen-bond donors (Lipinski definition) is 1. The summed E-state index contributed by atoms with van der Waals surface area (Å²) < 4.78 is 11.3. The molecule has 0 unspecified atom stereocenters. The first-order chi connectivity index (χ1) is 19.0. The van der Waals surface area contributed by atoms with E-state index in [0.717, 1.165) is 36.3 Å². The number of carbonyl (C=O) groups excluding carboxylic acids is 2. The van der Waals surface area contributed by atoms with Crippen molar-refractivity contribution in [3.8, 4) is 5.75 Å². The number of pyridine rings is 1. The van der Waals surface area contributed by atoms with Gasteiger partial charge in [0.15, 0.2) is 0 Å². The van der Waals surface area contributed by atoms with Crippen molar-refractivity contribution in [3.05, 3.63) is 101 Å². The van der Waals surface area contributed by atoms with Crippen LogP contribution in [0, 0.1) is 6.92 Å². The van der Waals surface area contributed by atoms with Crippen LogP contribution in [-0.4, -0.2) is 71.0 Å². The lowest BCUT2D eigenvalue weighted by atomic mass is 9.94. The molecule has 2 aliphatic rings. The van der Waals surface area contributed by atoms with Crippen LogP contribution < -0.4 is 4.74 Å². The molecule has 5 rings (SSSR count). The first-order valence-electron chi connectivity index (χ1n) is 13.3. The van der Waals surface area contributed by atoms with Gasteiger partial charge in [0, 0.05) is 44.1 Å². The number of hydrogen-bond acceptors (Lipinski definition) is 7. The molecule has 8 nitrogen and oxygen atoms in total. The Balaban J connectivity index is 1.40. The number of rotatable bonds is 9. The fraction of sp³-hybridized carbons (Fsp3) is 0.323. The van der Waals surface area contributed by atoms with Gasteiger partial charge in [-0.15, -0.1) is 0 Å². The Hall–Kier alpha value is -4.01.